The molecule has 3 N–H and O–H groups in total. The molecule has 1 amide bonds. The summed E-state index contributed by atoms with van der Waals surface area (Å²) in [7, 11) is 0. The first-order valence-corrected chi connectivity index (χ1v) is 6.81. The monoisotopic (exact) mass is 257 g/mol. The van der Waals surface area contributed by atoms with Crippen molar-refractivity contribution in [2.75, 3.05) is 11.1 Å². The molecule has 0 unspecified atom stereocenters. The van der Waals surface area contributed by atoms with Crippen LogP contribution in [0.15, 0.2) is 18.2 Å². The Morgan fingerprint density at radius 2 is 1.95 bits per heavy atom. The Kier molecular flexibility index (Phi) is 4.40. The molecule has 1 saturated carbocycles. The van der Waals surface area contributed by atoms with E-state index in [1.165, 1.54) is 12.8 Å². The van der Waals surface area contributed by atoms with Gasteiger partial charge in [-0.15, -0.1) is 0 Å². The number of rotatable bonds is 2. The van der Waals surface area contributed by atoms with Gasteiger partial charge < -0.3 is 11.1 Å². The van der Waals surface area contributed by atoms with E-state index in [1.807, 2.05) is 0 Å². The summed E-state index contributed by atoms with van der Waals surface area (Å²) >= 11 is 0. The van der Waals surface area contributed by atoms with E-state index in [2.05, 4.69) is 11.4 Å². The number of hydrogen-bond donors (Lipinski definition) is 2. The maximum atomic E-state index is 12.2. The average molecular weight is 257 g/mol. The predicted molar refractivity (Wildman–Crippen MR) is 75.4 cm³/mol. The predicted octanol–water partition coefficient (Wildman–Crippen LogP) is 3.05. The fourth-order valence-corrected chi connectivity index (χ4v) is 2.54. The van der Waals surface area contributed by atoms with Crippen LogP contribution in [0.1, 0.15) is 44.1 Å². The highest BCUT2D eigenvalue weighted by Crippen LogP contribution is 2.25. The van der Waals surface area contributed by atoms with Gasteiger partial charge in [0.2, 0.25) is 5.91 Å². The summed E-state index contributed by atoms with van der Waals surface area (Å²) in [5, 5.41) is 11.9. The minimum absolute atomic E-state index is 0.0307. The molecule has 4 heteroatoms. The van der Waals surface area contributed by atoms with E-state index in [0.717, 1.165) is 25.7 Å². The number of amides is 1. The zero-order valence-corrected chi connectivity index (χ0v) is 11.0. The second kappa shape index (κ2) is 6.24. The molecule has 0 bridgehead atoms. The number of nitrogens with two attached hydrogens (primary N) is 1. The summed E-state index contributed by atoms with van der Waals surface area (Å²) in [5.74, 6) is 0.106. The number of nitriles is 1. The van der Waals surface area contributed by atoms with E-state index >= 15 is 0 Å². The number of nitrogen functional groups attached to an aromatic ring is 1. The third-order valence-electron chi connectivity index (χ3n) is 3.65. The normalized spacial score (nSPS) is 16.4. The topological polar surface area (TPSA) is 78.9 Å². The summed E-state index contributed by atoms with van der Waals surface area (Å²) in [6, 6.07) is 7.04. The standard InChI is InChI=1S/C15H19N3O/c16-10-12-9-13(17)7-8-14(12)18-15(19)11-5-3-1-2-4-6-11/h7-9,11H,1-6,17H2,(H,18,19). The van der Waals surface area contributed by atoms with Crippen LogP contribution in [0.4, 0.5) is 11.4 Å². The van der Waals surface area contributed by atoms with E-state index < -0.39 is 0 Å². The van der Waals surface area contributed by atoms with Gasteiger partial charge in [-0.1, -0.05) is 25.7 Å². The maximum Gasteiger partial charge on any atom is 0.227 e. The lowest BCUT2D eigenvalue weighted by Crippen LogP contribution is -2.22. The number of nitrogens with one attached hydrogen (secondary N) is 1. The van der Waals surface area contributed by atoms with Gasteiger partial charge in [0, 0.05) is 11.6 Å². The molecule has 0 radical (unpaired) electrons. The van der Waals surface area contributed by atoms with Gasteiger partial charge in [0.25, 0.3) is 0 Å². The van der Waals surface area contributed by atoms with E-state index in [9.17, 15) is 4.79 Å². The van der Waals surface area contributed by atoms with Crippen molar-refractivity contribution in [3.05, 3.63) is 23.8 Å². The van der Waals surface area contributed by atoms with Crippen LogP contribution in [-0.2, 0) is 4.79 Å². The molecule has 1 aliphatic carbocycles. The van der Waals surface area contributed by atoms with Gasteiger partial charge in [-0.3, -0.25) is 4.79 Å². The van der Waals surface area contributed by atoms with Gasteiger partial charge in [0.15, 0.2) is 0 Å². The van der Waals surface area contributed by atoms with Crippen LogP contribution in [0.5, 0.6) is 0 Å². The van der Waals surface area contributed by atoms with Crippen molar-refractivity contribution in [1.29, 1.82) is 5.26 Å². The molecule has 0 atom stereocenters. The first-order chi connectivity index (χ1) is 9.20. The van der Waals surface area contributed by atoms with Crippen molar-refractivity contribution in [3.63, 3.8) is 0 Å². The minimum Gasteiger partial charge on any atom is -0.399 e. The molecule has 0 saturated heterocycles. The fourth-order valence-electron chi connectivity index (χ4n) is 2.54. The second-order valence-corrected chi connectivity index (χ2v) is 5.09. The van der Waals surface area contributed by atoms with Crippen LogP contribution < -0.4 is 11.1 Å². The molecule has 0 spiro atoms. The Morgan fingerprint density at radius 1 is 1.26 bits per heavy atom. The summed E-state index contributed by atoms with van der Waals surface area (Å²) in [6.07, 6.45) is 6.56. The largest absolute Gasteiger partial charge is 0.399 e. The molecular formula is C15H19N3O. The average Bonchev–Trinajstić information content (AvgIpc) is 2.69. The molecule has 1 aromatic carbocycles. The first kappa shape index (κ1) is 13.4. The molecule has 0 aliphatic heterocycles. The number of nitrogens with zero attached hydrogens (tertiary/aromatic N) is 1. The molecular weight excluding hydrogens is 238 g/mol. The Labute approximate surface area is 113 Å². The molecule has 100 valence electrons. The molecule has 1 fully saturated rings. The summed E-state index contributed by atoms with van der Waals surface area (Å²) < 4.78 is 0. The van der Waals surface area contributed by atoms with E-state index in [1.54, 1.807) is 18.2 Å². The third-order valence-corrected chi connectivity index (χ3v) is 3.65. The molecule has 19 heavy (non-hydrogen) atoms. The first-order valence-electron chi connectivity index (χ1n) is 6.81. The van der Waals surface area contributed by atoms with Crippen LogP contribution >= 0.6 is 0 Å². The van der Waals surface area contributed by atoms with Crippen LogP contribution in [0.3, 0.4) is 0 Å². The van der Waals surface area contributed by atoms with Crippen LogP contribution in [-0.4, -0.2) is 5.91 Å². The summed E-state index contributed by atoms with van der Waals surface area (Å²) in [5.41, 5.74) is 7.14. The van der Waals surface area contributed by atoms with Crippen LogP contribution in [0.2, 0.25) is 0 Å². The van der Waals surface area contributed by atoms with Gasteiger partial charge in [-0.25, -0.2) is 0 Å². The van der Waals surface area contributed by atoms with Crippen LogP contribution in [0, 0.1) is 17.2 Å². The number of anilines is 2. The van der Waals surface area contributed by atoms with Gasteiger partial charge >= 0.3 is 0 Å². The molecule has 2 rings (SSSR count). The van der Waals surface area contributed by atoms with E-state index in [0.29, 0.717) is 16.9 Å². The highest BCUT2D eigenvalue weighted by atomic mass is 16.1. The Balaban J connectivity index is 2.08. The molecule has 1 aromatic rings. The zero-order chi connectivity index (χ0) is 13.7. The summed E-state index contributed by atoms with van der Waals surface area (Å²) in [4.78, 5) is 12.2. The lowest BCUT2D eigenvalue weighted by molar-refractivity contribution is -0.120. The lowest BCUT2D eigenvalue weighted by Gasteiger charge is -2.15. The summed E-state index contributed by atoms with van der Waals surface area (Å²) in [6.45, 7) is 0. The molecule has 0 heterocycles. The van der Waals surface area contributed by atoms with Gasteiger partial charge in [-0.05, 0) is 31.0 Å². The molecule has 1 aliphatic rings. The van der Waals surface area contributed by atoms with Crippen molar-refractivity contribution in [2.45, 2.75) is 38.5 Å². The van der Waals surface area contributed by atoms with Crippen molar-refractivity contribution < 1.29 is 4.79 Å². The highest BCUT2D eigenvalue weighted by Gasteiger charge is 2.20. The van der Waals surface area contributed by atoms with Crippen molar-refractivity contribution in [1.82, 2.24) is 0 Å². The van der Waals surface area contributed by atoms with Gasteiger partial charge in [0.05, 0.1) is 11.3 Å². The minimum atomic E-state index is 0.0307. The van der Waals surface area contributed by atoms with E-state index in [4.69, 9.17) is 11.0 Å². The Hall–Kier alpha value is -2.02. The number of carbonyl (C=O) groups is 1. The zero-order valence-electron chi connectivity index (χ0n) is 11.0. The molecule has 4 nitrogen and oxygen atoms in total. The van der Waals surface area contributed by atoms with Crippen molar-refractivity contribution in [2.24, 2.45) is 5.92 Å². The Bertz CT molecular complexity index is 497. The SMILES string of the molecule is N#Cc1cc(N)ccc1NC(=O)C1CCCCCC1. The quantitative estimate of drug-likeness (QED) is 0.631. The fraction of sp³-hybridized carbons (Fsp3) is 0.467. The lowest BCUT2D eigenvalue weighted by atomic mass is 9.99. The van der Waals surface area contributed by atoms with Gasteiger partial charge in [0.1, 0.15) is 6.07 Å². The number of hydrogen-bond acceptors (Lipinski definition) is 3. The number of benzene rings is 1. The van der Waals surface area contributed by atoms with Crippen LogP contribution in [0.25, 0.3) is 0 Å². The number of carbonyl (C=O) groups excluding carboxylic acids is 1. The third kappa shape index (κ3) is 3.47. The maximum absolute atomic E-state index is 12.2. The van der Waals surface area contributed by atoms with E-state index in [-0.39, 0.29) is 11.8 Å². The Morgan fingerprint density at radius 3 is 2.58 bits per heavy atom. The highest BCUT2D eigenvalue weighted by molar-refractivity contribution is 5.94. The smallest absolute Gasteiger partial charge is 0.227 e. The van der Waals surface area contributed by atoms with Gasteiger partial charge in [-0.2, -0.15) is 5.26 Å². The molecule has 0 aromatic heterocycles. The van der Waals surface area contributed by atoms with Crippen molar-refractivity contribution >= 4 is 17.3 Å². The van der Waals surface area contributed by atoms with Crippen molar-refractivity contribution in [3.8, 4) is 6.07 Å². The second-order valence-electron chi connectivity index (χ2n) is 5.09.